The van der Waals surface area contributed by atoms with E-state index in [2.05, 4.69) is 0 Å². The maximum absolute atomic E-state index is 12.3. The van der Waals surface area contributed by atoms with E-state index in [0.717, 1.165) is 0 Å². The minimum atomic E-state index is -0.804. The van der Waals surface area contributed by atoms with Gasteiger partial charge in [-0.2, -0.15) is 0 Å². The molecule has 1 amide bonds. The molecule has 2 aliphatic rings. The average molecular weight is 249 g/mol. The molecule has 0 aromatic heterocycles. The van der Waals surface area contributed by atoms with E-state index in [1.165, 1.54) is 18.3 Å². The summed E-state index contributed by atoms with van der Waals surface area (Å²) in [6.45, 7) is 4.05. The maximum Gasteiger partial charge on any atom is 0.316 e. The molecule has 0 N–H and O–H groups in total. The molecule has 1 heterocycles. The summed E-state index contributed by atoms with van der Waals surface area (Å²) in [5.41, 5.74) is 1.58. The number of hydrogen-bond acceptors (Lipinski definition) is 3. The predicted octanol–water partition coefficient (Wildman–Crippen LogP) is 1.88. The summed E-state index contributed by atoms with van der Waals surface area (Å²) in [5, 5.41) is 0. The summed E-state index contributed by atoms with van der Waals surface area (Å²) in [6.07, 6.45) is 4.73. The van der Waals surface area contributed by atoms with Crippen molar-refractivity contribution in [3.05, 3.63) is 23.4 Å². The Balaban J connectivity index is 2.53. The van der Waals surface area contributed by atoms with Gasteiger partial charge in [0, 0.05) is 13.2 Å². The summed E-state index contributed by atoms with van der Waals surface area (Å²) in [4.78, 5) is 26.0. The van der Waals surface area contributed by atoms with Gasteiger partial charge < -0.3 is 9.64 Å². The van der Waals surface area contributed by atoms with Gasteiger partial charge in [0.1, 0.15) is 5.41 Å². The normalized spacial score (nSPS) is 31.4. The van der Waals surface area contributed by atoms with Crippen molar-refractivity contribution in [2.24, 2.45) is 11.3 Å². The van der Waals surface area contributed by atoms with E-state index in [0.29, 0.717) is 12.8 Å². The van der Waals surface area contributed by atoms with Crippen LogP contribution in [0.15, 0.2) is 23.4 Å². The monoisotopic (exact) mass is 249 g/mol. The van der Waals surface area contributed by atoms with Crippen molar-refractivity contribution in [2.75, 3.05) is 14.2 Å². The second-order valence-electron chi connectivity index (χ2n) is 5.29. The van der Waals surface area contributed by atoms with Crippen LogP contribution >= 0.6 is 0 Å². The van der Waals surface area contributed by atoms with Gasteiger partial charge in [0.25, 0.3) is 0 Å². The number of fused-ring (bicyclic) bond motifs is 1. The summed E-state index contributed by atoms with van der Waals surface area (Å²) in [6, 6.07) is 0. The van der Waals surface area contributed by atoms with Crippen LogP contribution in [0.1, 0.15) is 26.7 Å². The second kappa shape index (κ2) is 4.26. The fourth-order valence-corrected chi connectivity index (χ4v) is 2.89. The van der Waals surface area contributed by atoms with Crippen LogP contribution in [0, 0.1) is 11.3 Å². The molecule has 0 aromatic carbocycles. The van der Waals surface area contributed by atoms with Crippen LogP contribution in [0.4, 0.5) is 0 Å². The minimum Gasteiger partial charge on any atom is -0.468 e. The number of amides is 1. The molecule has 1 aliphatic heterocycles. The Bertz CT molecular complexity index is 464. The highest BCUT2D eigenvalue weighted by molar-refractivity contribution is 5.92. The molecule has 0 fully saturated rings. The number of ether oxygens (including phenoxy) is 1. The number of nitrogens with zero attached hydrogens (tertiary/aromatic N) is 1. The highest BCUT2D eigenvalue weighted by Crippen LogP contribution is 2.48. The SMILES string of the molecule is COC(=O)[C@@]12C=CN(C)C(=O)[C@@H]1CC(C)=C(C)C2. The lowest BCUT2D eigenvalue weighted by molar-refractivity contribution is -0.159. The number of esters is 1. The van der Waals surface area contributed by atoms with Crippen LogP contribution in [-0.2, 0) is 14.3 Å². The van der Waals surface area contributed by atoms with Crippen molar-refractivity contribution in [3.8, 4) is 0 Å². The van der Waals surface area contributed by atoms with Gasteiger partial charge in [-0.25, -0.2) is 0 Å². The Morgan fingerprint density at radius 3 is 2.72 bits per heavy atom. The lowest BCUT2D eigenvalue weighted by Crippen LogP contribution is -2.50. The van der Waals surface area contributed by atoms with Crippen LogP contribution < -0.4 is 0 Å². The first-order chi connectivity index (χ1) is 8.42. The van der Waals surface area contributed by atoms with Crippen LogP contribution in [0.25, 0.3) is 0 Å². The van der Waals surface area contributed by atoms with E-state index in [1.807, 2.05) is 19.9 Å². The highest BCUT2D eigenvalue weighted by Gasteiger charge is 2.52. The summed E-state index contributed by atoms with van der Waals surface area (Å²) in [5.74, 6) is -0.643. The zero-order valence-corrected chi connectivity index (χ0v) is 11.3. The Kier molecular flexibility index (Phi) is 3.05. The van der Waals surface area contributed by atoms with Gasteiger partial charge in [0.05, 0.1) is 13.0 Å². The minimum absolute atomic E-state index is 0.00486. The maximum atomic E-state index is 12.3. The van der Waals surface area contributed by atoms with Crippen molar-refractivity contribution in [3.63, 3.8) is 0 Å². The summed E-state index contributed by atoms with van der Waals surface area (Å²) >= 11 is 0. The Morgan fingerprint density at radius 1 is 1.44 bits per heavy atom. The third-order valence-corrected chi connectivity index (χ3v) is 4.23. The number of carbonyl (C=O) groups excluding carboxylic acids is 2. The first kappa shape index (κ1) is 12.9. The first-order valence-corrected chi connectivity index (χ1v) is 6.12. The molecule has 0 radical (unpaired) electrons. The molecule has 4 heteroatoms. The number of hydrogen-bond donors (Lipinski definition) is 0. The van der Waals surface area contributed by atoms with Crippen molar-refractivity contribution in [2.45, 2.75) is 26.7 Å². The fraction of sp³-hybridized carbons (Fsp3) is 0.571. The molecule has 18 heavy (non-hydrogen) atoms. The van der Waals surface area contributed by atoms with E-state index in [4.69, 9.17) is 4.74 Å². The highest BCUT2D eigenvalue weighted by atomic mass is 16.5. The topological polar surface area (TPSA) is 46.6 Å². The van der Waals surface area contributed by atoms with Crippen LogP contribution in [-0.4, -0.2) is 30.9 Å². The number of methoxy groups -OCH3 is 1. The van der Waals surface area contributed by atoms with Gasteiger partial charge in [-0.15, -0.1) is 0 Å². The third-order valence-electron chi connectivity index (χ3n) is 4.23. The van der Waals surface area contributed by atoms with Gasteiger partial charge in [-0.1, -0.05) is 11.1 Å². The standard InChI is InChI=1S/C14H19NO3/c1-9-7-11-12(16)15(3)6-5-14(11,8-10(9)2)13(17)18-4/h5-6,11H,7-8H2,1-4H3/t11-,14+/m0/s1. The van der Waals surface area contributed by atoms with Crippen molar-refractivity contribution < 1.29 is 14.3 Å². The quantitative estimate of drug-likeness (QED) is 0.526. The lowest BCUT2D eigenvalue weighted by Gasteiger charge is -2.43. The molecule has 0 saturated heterocycles. The molecule has 0 bridgehead atoms. The zero-order chi connectivity index (χ0) is 13.5. The lowest BCUT2D eigenvalue weighted by atomic mass is 9.63. The van der Waals surface area contributed by atoms with Gasteiger partial charge in [0.2, 0.25) is 5.91 Å². The molecular weight excluding hydrogens is 230 g/mol. The predicted molar refractivity (Wildman–Crippen MR) is 67.5 cm³/mol. The van der Waals surface area contributed by atoms with E-state index >= 15 is 0 Å². The third kappa shape index (κ3) is 1.67. The smallest absolute Gasteiger partial charge is 0.316 e. The van der Waals surface area contributed by atoms with Crippen LogP contribution in [0.2, 0.25) is 0 Å². The van der Waals surface area contributed by atoms with Crippen molar-refractivity contribution >= 4 is 11.9 Å². The Hall–Kier alpha value is -1.58. The van der Waals surface area contributed by atoms with Crippen LogP contribution in [0.5, 0.6) is 0 Å². The molecule has 2 rings (SSSR count). The van der Waals surface area contributed by atoms with Crippen molar-refractivity contribution in [1.82, 2.24) is 4.90 Å². The van der Waals surface area contributed by atoms with Crippen LogP contribution in [0.3, 0.4) is 0 Å². The van der Waals surface area contributed by atoms with Gasteiger partial charge in [-0.05, 0) is 32.8 Å². The zero-order valence-electron chi connectivity index (χ0n) is 11.3. The molecular formula is C14H19NO3. The molecule has 4 nitrogen and oxygen atoms in total. The van der Waals surface area contributed by atoms with E-state index in [1.54, 1.807) is 18.1 Å². The first-order valence-electron chi connectivity index (χ1n) is 6.12. The second-order valence-corrected chi connectivity index (χ2v) is 5.29. The van der Waals surface area contributed by atoms with E-state index in [-0.39, 0.29) is 17.8 Å². The Morgan fingerprint density at radius 2 is 2.11 bits per heavy atom. The van der Waals surface area contributed by atoms with Gasteiger partial charge in [-0.3, -0.25) is 9.59 Å². The molecule has 0 saturated carbocycles. The molecule has 0 unspecified atom stereocenters. The summed E-state index contributed by atoms with van der Waals surface area (Å²) < 4.78 is 4.93. The largest absolute Gasteiger partial charge is 0.468 e. The van der Waals surface area contributed by atoms with E-state index in [9.17, 15) is 9.59 Å². The van der Waals surface area contributed by atoms with Gasteiger partial charge in [0.15, 0.2) is 0 Å². The molecule has 0 spiro atoms. The van der Waals surface area contributed by atoms with Gasteiger partial charge >= 0.3 is 5.97 Å². The summed E-state index contributed by atoms with van der Waals surface area (Å²) in [7, 11) is 3.10. The fourth-order valence-electron chi connectivity index (χ4n) is 2.89. The number of allylic oxidation sites excluding steroid dienone is 2. The number of rotatable bonds is 1. The van der Waals surface area contributed by atoms with Crippen molar-refractivity contribution in [1.29, 1.82) is 0 Å². The molecule has 2 atom stereocenters. The average Bonchev–Trinajstić information content (AvgIpc) is 2.36. The molecule has 0 aromatic rings. The molecule has 1 aliphatic carbocycles. The number of carbonyl (C=O) groups is 2. The Labute approximate surface area is 107 Å². The molecule has 98 valence electrons. The van der Waals surface area contributed by atoms with E-state index < -0.39 is 5.41 Å².